The molecule has 1 aliphatic heterocycles. The molecule has 0 aromatic heterocycles. The van der Waals surface area contributed by atoms with Gasteiger partial charge < -0.3 is 19.1 Å². The highest BCUT2D eigenvalue weighted by Crippen LogP contribution is 2.38. The number of benzene rings is 1. The van der Waals surface area contributed by atoms with Gasteiger partial charge >= 0.3 is 11.9 Å². The first kappa shape index (κ1) is 20.6. The molecule has 0 saturated heterocycles. The standard InChI is InChI=1S/C21H27NO5/c1-6-11-27-16-9-7-15(8-10-16)19-17(20(23)25-4)12-22(14(2)3)13-18(19)21(24)26-5/h7-10,12-14,19H,6,11H2,1-5H3. The molecule has 146 valence electrons. The van der Waals surface area contributed by atoms with Gasteiger partial charge in [-0.1, -0.05) is 19.1 Å². The highest BCUT2D eigenvalue weighted by atomic mass is 16.5. The van der Waals surface area contributed by atoms with Crippen molar-refractivity contribution < 1.29 is 23.8 Å². The lowest BCUT2D eigenvalue weighted by molar-refractivity contribution is -0.137. The Kier molecular flexibility index (Phi) is 7.05. The number of rotatable bonds is 7. The molecule has 1 aromatic carbocycles. The van der Waals surface area contributed by atoms with Crippen molar-refractivity contribution in [1.29, 1.82) is 0 Å². The average Bonchev–Trinajstić information content (AvgIpc) is 2.70. The van der Waals surface area contributed by atoms with Gasteiger partial charge in [-0.2, -0.15) is 0 Å². The molecule has 0 bridgehead atoms. The van der Waals surface area contributed by atoms with E-state index in [9.17, 15) is 9.59 Å². The summed E-state index contributed by atoms with van der Waals surface area (Å²) in [5.41, 5.74) is 1.56. The van der Waals surface area contributed by atoms with E-state index >= 15 is 0 Å². The Balaban J connectivity index is 2.49. The molecule has 1 aromatic rings. The third-order valence-corrected chi connectivity index (χ3v) is 4.32. The molecule has 6 nitrogen and oxygen atoms in total. The van der Waals surface area contributed by atoms with Crippen LogP contribution in [0.2, 0.25) is 0 Å². The fourth-order valence-corrected chi connectivity index (χ4v) is 2.89. The van der Waals surface area contributed by atoms with Gasteiger partial charge in [-0.25, -0.2) is 9.59 Å². The van der Waals surface area contributed by atoms with E-state index < -0.39 is 17.9 Å². The number of methoxy groups -OCH3 is 2. The Morgan fingerprint density at radius 2 is 1.52 bits per heavy atom. The highest BCUT2D eigenvalue weighted by molar-refractivity contribution is 5.98. The molecule has 0 fully saturated rings. The number of carbonyl (C=O) groups is 2. The van der Waals surface area contributed by atoms with E-state index in [1.807, 2.05) is 49.9 Å². The molecule has 1 heterocycles. The third-order valence-electron chi connectivity index (χ3n) is 4.32. The minimum Gasteiger partial charge on any atom is -0.494 e. The Morgan fingerprint density at radius 3 is 1.93 bits per heavy atom. The molecule has 0 radical (unpaired) electrons. The summed E-state index contributed by atoms with van der Waals surface area (Å²) in [6, 6.07) is 7.45. The van der Waals surface area contributed by atoms with Crippen molar-refractivity contribution in [3.05, 3.63) is 53.4 Å². The zero-order valence-electron chi connectivity index (χ0n) is 16.5. The SMILES string of the molecule is CCCOc1ccc(C2C(C(=O)OC)=CN(C(C)C)C=C2C(=O)OC)cc1. The molecular formula is C21H27NO5. The first-order chi connectivity index (χ1) is 12.9. The van der Waals surface area contributed by atoms with Crippen LogP contribution in [0.1, 0.15) is 38.7 Å². The molecule has 0 N–H and O–H groups in total. The summed E-state index contributed by atoms with van der Waals surface area (Å²) >= 11 is 0. The fourth-order valence-electron chi connectivity index (χ4n) is 2.89. The van der Waals surface area contributed by atoms with Crippen molar-refractivity contribution in [3.63, 3.8) is 0 Å². The highest BCUT2D eigenvalue weighted by Gasteiger charge is 2.35. The van der Waals surface area contributed by atoms with E-state index in [0.717, 1.165) is 17.7 Å². The smallest absolute Gasteiger partial charge is 0.336 e. The average molecular weight is 373 g/mol. The van der Waals surface area contributed by atoms with Gasteiger partial charge in [0.2, 0.25) is 0 Å². The third kappa shape index (κ3) is 4.70. The van der Waals surface area contributed by atoms with Crippen molar-refractivity contribution in [2.75, 3.05) is 20.8 Å². The fraction of sp³-hybridized carbons (Fsp3) is 0.429. The molecule has 2 rings (SSSR count). The number of ether oxygens (including phenoxy) is 3. The predicted molar refractivity (Wildman–Crippen MR) is 102 cm³/mol. The van der Waals surface area contributed by atoms with Crippen molar-refractivity contribution in [2.45, 2.75) is 39.2 Å². The predicted octanol–water partition coefficient (Wildman–Crippen LogP) is 3.40. The summed E-state index contributed by atoms with van der Waals surface area (Å²) in [6.07, 6.45) is 4.38. The van der Waals surface area contributed by atoms with Crippen molar-refractivity contribution in [1.82, 2.24) is 4.90 Å². The van der Waals surface area contributed by atoms with Gasteiger partial charge in [0.05, 0.1) is 37.9 Å². The molecule has 0 spiro atoms. The van der Waals surface area contributed by atoms with Gasteiger partial charge in [-0.05, 0) is 38.0 Å². The number of carbonyl (C=O) groups excluding carboxylic acids is 2. The van der Waals surface area contributed by atoms with E-state index in [4.69, 9.17) is 14.2 Å². The lowest BCUT2D eigenvalue weighted by Gasteiger charge is -2.32. The molecule has 0 unspecified atom stereocenters. The number of hydrogen-bond acceptors (Lipinski definition) is 6. The van der Waals surface area contributed by atoms with Crippen LogP contribution in [0, 0.1) is 0 Å². The minimum atomic E-state index is -0.569. The van der Waals surface area contributed by atoms with Gasteiger partial charge in [0.25, 0.3) is 0 Å². The van der Waals surface area contributed by atoms with Crippen LogP contribution in [0.3, 0.4) is 0 Å². The quantitative estimate of drug-likeness (QED) is 0.683. The van der Waals surface area contributed by atoms with Gasteiger partial charge in [-0.15, -0.1) is 0 Å². The lowest BCUT2D eigenvalue weighted by Crippen LogP contribution is -2.31. The first-order valence-electron chi connectivity index (χ1n) is 9.03. The maximum absolute atomic E-state index is 12.5. The van der Waals surface area contributed by atoms with Crippen LogP contribution in [-0.2, 0) is 19.1 Å². The molecule has 1 aliphatic rings. The topological polar surface area (TPSA) is 65.1 Å². The maximum Gasteiger partial charge on any atom is 0.336 e. The van der Waals surface area contributed by atoms with Gasteiger partial charge in [0, 0.05) is 18.4 Å². The Hall–Kier alpha value is -2.76. The summed E-state index contributed by atoms with van der Waals surface area (Å²) < 4.78 is 15.6. The lowest BCUT2D eigenvalue weighted by atomic mass is 9.83. The molecule has 27 heavy (non-hydrogen) atoms. The minimum absolute atomic E-state index is 0.0649. The summed E-state index contributed by atoms with van der Waals surface area (Å²) in [7, 11) is 2.66. The molecule has 0 saturated carbocycles. The molecule has 0 atom stereocenters. The van der Waals surface area contributed by atoms with E-state index in [0.29, 0.717) is 17.8 Å². The van der Waals surface area contributed by atoms with Crippen molar-refractivity contribution >= 4 is 11.9 Å². The van der Waals surface area contributed by atoms with E-state index in [2.05, 4.69) is 0 Å². The summed E-state index contributed by atoms with van der Waals surface area (Å²) in [6.45, 7) is 6.61. The zero-order valence-corrected chi connectivity index (χ0v) is 16.5. The molecule has 6 heteroatoms. The second-order valence-corrected chi connectivity index (χ2v) is 6.54. The second kappa shape index (κ2) is 9.26. The Bertz CT molecular complexity index is 699. The summed E-state index contributed by atoms with van der Waals surface area (Å²) in [4.78, 5) is 26.7. The number of esters is 2. The largest absolute Gasteiger partial charge is 0.494 e. The summed E-state index contributed by atoms with van der Waals surface area (Å²) in [5.74, 6) is -0.787. The Morgan fingerprint density at radius 1 is 1.00 bits per heavy atom. The van der Waals surface area contributed by atoms with Crippen LogP contribution in [0.5, 0.6) is 5.75 Å². The molecule has 0 amide bonds. The van der Waals surface area contributed by atoms with Crippen LogP contribution in [-0.4, -0.2) is 43.7 Å². The number of hydrogen-bond donors (Lipinski definition) is 0. The first-order valence-corrected chi connectivity index (χ1v) is 9.03. The Labute approximate surface area is 160 Å². The van der Waals surface area contributed by atoms with Crippen LogP contribution in [0.25, 0.3) is 0 Å². The van der Waals surface area contributed by atoms with Crippen molar-refractivity contribution in [2.24, 2.45) is 0 Å². The summed E-state index contributed by atoms with van der Waals surface area (Å²) in [5, 5.41) is 0. The van der Waals surface area contributed by atoms with Gasteiger partial charge in [0.1, 0.15) is 5.75 Å². The van der Waals surface area contributed by atoms with Crippen LogP contribution < -0.4 is 4.74 Å². The molecule has 0 aliphatic carbocycles. The van der Waals surface area contributed by atoms with Crippen LogP contribution in [0.4, 0.5) is 0 Å². The second-order valence-electron chi connectivity index (χ2n) is 6.54. The number of nitrogens with zero attached hydrogens (tertiary/aromatic N) is 1. The van der Waals surface area contributed by atoms with Crippen molar-refractivity contribution in [3.8, 4) is 5.75 Å². The maximum atomic E-state index is 12.5. The zero-order chi connectivity index (χ0) is 20.0. The van der Waals surface area contributed by atoms with E-state index in [1.54, 1.807) is 12.4 Å². The normalized spacial score (nSPS) is 14.5. The monoisotopic (exact) mass is 373 g/mol. The van der Waals surface area contributed by atoms with Crippen LogP contribution in [0.15, 0.2) is 47.8 Å². The van der Waals surface area contributed by atoms with E-state index in [1.165, 1.54) is 14.2 Å². The van der Waals surface area contributed by atoms with Crippen LogP contribution >= 0.6 is 0 Å². The van der Waals surface area contributed by atoms with Gasteiger partial charge in [0.15, 0.2) is 0 Å². The van der Waals surface area contributed by atoms with Gasteiger partial charge in [-0.3, -0.25) is 0 Å². The molecular weight excluding hydrogens is 346 g/mol. The van der Waals surface area contributed by atoms with E-state index in [-0.39, 0.29) is 6.04 Å².